The fourth-order valence-electron chi connectivity index (χ4n) is 3.64. The summed E-state index contributed by atoms with van der Waals surface area (Å²) in [6.07, 6.45) is 2.18. The summed E-state index contributed by atoms with van der Waals surface area (Å²) in [5.41, 5.74) is 1.28. The van der Waals surface area contributed by atoms with Crippen LogP contribution in [0.5, 0.6) is 5.75 Å². The normalized spacial score (nSPS) is 10.8. The van der Waals surface area contributed by atoms with Crippen LogP contribution in [-0.2, 0) is 24.3 Å². The van der Waals surface area contributed by atoms with Gasteiger partial charge in [0.2, 0.25) is 5.91 Å². The Hall–Kier alpha value is -4.20. The van der Waals surface area contributed by atoms with E-state index in [2.05, 4.69) is 10.3 Å². The number of benzene rings is 2. The van der Waals surface area contributed by atoms with E-state index in [-0.39, 0.29) is 24.5 Å². The van der Waals surface area contributed by atoms with Crippen LogP contribution in [-0.4, -0.2) is 33.7 Å². The first-order valence-corrected chi connectivity index (χ1v) is 10.6. The number of nitrogens with zero attached hydrogens (tertiary/aromatic N) is 3. The summed E-state index contributed by atoms with van der Waals surface area (Å²) >= 11 is 0. The zero-order valence-electron chi connectivity index (χ0n) is 18.2. The monoisotopic (exact) mass is 444 g/mol. The van der Waals surface area contributed by atoms with Crippen molar-refractivity contribution in [1.29, 1.82) is 0 Å². The minimum absolute atomic E-state index is 0.0593. The van der Waals surface area contributed by atoms with Crippen LogP contribution in [0.4, 0.5) is 0 Å². The highest BCUT2D eigenvalue weighted by molar-refractivity contribution is 5.79. The van der Waals surface area contributed by atoms with E-state index >= 15 is 0 Å². The average Bonchev–Trinajstić information content (AvgIpc) is 2.85. The number of carbonyl (C=O) groups is 1. The lowest BCUT2D eigenvalue weighted by Crippen LogP contribution is -2.43. The molecule has 4 rings (SSSR count). The molecular weight excluding hydrogens is 420 g/mol. The maximum atomic E-state index is 13.3. The zero-order chi connectivity index (χ0) is 23.2. The number of rotatable bonds is 8. The van der Waals surface area contributed by atoms with E-state index in [0.29, 0.717) is 24.2 Å². The van der Waals surface area contributed by atoms with Crippen molar-refractivity contribution in [2.24, 2.45) is 0 Å². The van der Waals surface area contributed by atoms with Crippen molar-refractivity contribution in [3.05, 3.63) is 105 Å². The highest BCUT2D eigenvalue weighted by atomic mass is 16.5. The van der Waals surface area contributed by atoms with Crippen molar-refractivity contribution in [3.63, 3.8) is 0 Å². The van der Waals surface area contributed by atoms with Crippen LogP contribution in [0.3, 0.4) is 0 Å². The zero-order valence-corrected chi connectivity index (χ0v) is 18.2. The number of hydrogen-bond donors (Lipinski definition) is 1. The van der Waals surface area contributed by atoms with Crippen LogP contribution in [0.2, 0.25) is 0 Å². The van der Waals surface area contributed by atoms with Crippen LogP contribution in [0.1, 0.15) is 11.1 Å². The molecule has 0 aliphatic rings. The second-order valence-electron chi connectivity index (χ2n) is 7.56. The van der Waals surface area contributed by atoms with Gasteiger partial charge in [-0.15, -0.1) is 0 Å². The van der Waals surface area contributed by atoms with Gasteiger partial charge in [0.05, 0.1) is 19.2 Å². The van der Waals surface area contributed by atoms with Crippen LogP contribution >= 0.6 is 0 Å². The van der Waals surface area contributed by atoms with Gasteiger partial charge in [-0.2, -0.15) is 0 Å². The molecule has 4 aromatic rings. The summed E-state index contributed by atoms with van der Waals surface area (Å²) in [6, 6.07) is 20.2. The molecule has 2 aromatic carbocycles. The number of pyridine rings is 1. The number of nitrogens with one attached hydrogen (secondary N) is 1. The first-order valence-electron chi connectivity index (χ1n) is 10.6. The van der Waals surface area contributed by atoms with Gasteiger partial charge in [0.15, 0.2) is 5.52 Å². The van der Waals surface area contributed by atoms with Gasteiger partial charge in [-0.05, 0) is 41.8 Å². The number of amides is 1. The maximum absolute atomic E-state index is 13.3. The largest absolute Gasteiger partial charge is 0.497 e. The molecule has 1 N–H and O–H groups in total. The molecule has 0 saturated carbocycles. The standard InChI is InChI=1S/C25H24N4O4/c1-33-20-11-9-19(10-12-20)16-29-24(31)23-21(8-5-14-27-23)28(25(29)32)17-22(30)26-15-13-18-6-3-2-4-7-18/h2-12,14H,13,15-17H2,1H3,(H,26,30). The van der Waals surface area contributed by atoms with E-state index in [1.54, 1.807) is 43.5 Å². The van der Waals surface area contributed by atoms with E-state index in [0.717, 1.165) is 15.7 Å². The van der Waals surface area contributed by atoms with Crippen molar-refractivity contribution < 1.29 is 9.53 Å². The molecule has 0 aliphatic heterocycles. The first kappa shape index (κ1) is 22.0. The lowest BCUT2D eigenvalue weighted by atomic mass is 10.1. The Bertz CT molecular complexity index is 1380. The van der Waals surface area contributed by atoms with E-state index in [1.165, 1.54) is 10.8 Å². The molecule has 0 aliphatic carbocycles. The lowest BCUT2D eigenvalue weighted by molar-refractivity contribution is -0.121. The molecule has 0 atom stereocenters. The molecule has 2 heterocycles. The molecule has 0 bridgehead atoms. The molecule has 0 spiro atoms. The molecule has 1 amide bonds. The van der Waals surface area contributed by atoms with Gasteiger partial charge in [0, 0.05) is 12.7 Å². The van der Waals surface area contributed by atoms with Crippen molar-refractivity contribution in [1.82, 2.24) is 19.4 Å². The number of methoxy groups -OCH3 is 1. The number of fused-ring (bicyclic) bond motifs is 1. The van der Waals surface area contributed by atoms with Gasteiger partial charge in [0.25, 0.3) is 5.56 Å². The Kier molecular flexibility index (Phi) is 6.64. The molecular formula is C25H24N4O4. The number of carbonyl (C=O) groups excluding carboxylic acids is 1. The molecule has 33 heavy (non-hydrogen) atoms. The molecule has 8 nitrogen and oxygen atoms in total. The predicted octanol–water partition coefficient (Wildman–Crippen LogP) is 1.97. The highest BCUT2D eigenvalue weighted by Crippen LogP contribution is 2.12. The molecule has 0 radical (unpaired) electrons. The summed E-state index contributed by atoms with van der Waals surface area (Å²) in [5, 5.41) is 2.85. The van der Waals surface area contributed by atoms with Gasteiger partial charge < -0.3 is 10.1 Å². The molecule has 0 unspecified atom stereocenters. The Morgan fingerprint density at radius 3 is 2.42 bits per heavy atom. The van der Waals surface area contributed by atoms with Gasteiger partial charge in [-0.25, -0.2) is 9.78 Å². The Morgan fingerprint density at radius 1 is 0.939 bits per heavy atom. The second-order valence-corrected chi connectivity index (χ2v) is 7.56. The second kappa shape index (κ2) is 9.95. The van der Waals surface area contributed by atoms with Gasteiger partial charge >= 0.3 is 5.69 Å². The third kappa shape index (κ3) is 5.01. The van der Waals surface area contributed by atoms with E-state index in [4.69, 9.17) is 4.74 Å². The van der Waals surface area contributed by atoms with Crippen LogP contribution in [0.15, 0.2) is 82.5 Å². The SMILES string of the molecule is COc1ccc(Cn2c(=O)c3ncccc3n(CC(=O)NCCc3ccccc3)c2=O)cc1. The van der Waals surface area contributed by atoms with Crippen LogP contribution in [0.25, 0.3) is 11.0 Å². The van der Waals surface area contributed by atoms with E-state index in [1.807, 2.05) is 30.3 Å². The predicted molar refractivity (Wildman–Crippen MR) is 126 cm³/mol. The van der Waals surface area contributed by atoms with Crippen molar-refractivity contribution in [2.45, 2.75) is 19.5 Å². The minimum atomic E-state index is -0.561. The summed E-state index contributed by atoms with van der Waals surface area (Å²) in [5.74, 6) is 0.365. The average molecular weight is 444 g/mol. The van der Waals surface area contributed by atoms with Crippen LogP contribution < -0.4 is 21.3 Å². The molecule has 0 fully saturated rings. The molecule has 2 aromatic heterocycles. The van der Waals surface area contributed by atoms with Gasteiger partial charge in [-0.1, -0.05) is 42.5 Å². The maximum Gasteiger partial charge on any atom is 0.332 e. The van der Waals surface area contributed by atoms with Crippen molar-refractivity contribution in [3.8, 4) is 5.75 Å². The summed E-state index contributed by atoms with van der Waals surface area (Å²) in [6.45, 7) is 0.293. The van der Waals surface area contributed by atoms with Gasteiger partial charge in [-0.3, -0.25) is 18.7 Å². The number of hydrogen-bond acceptors (Lipinski definition) is 5. The van der Waals surface area contributed by atoms with Gasteiger partial charge in [0.1, 0.15) is 12.3 Å². The topological polar surface area (TPSA) is 95.2 Å². The molecule has 0 saturated heterocycles. The van der Waals surface area contributed by atoms with E-state index < -0.39 is 11.2 Å². The van der Waals surface area contributed by atoms with Crippen molar-refractivity contribution in [2.75, 3.05) is 13.7 Å². The molecule has 8 heteroatoms. The Balaban J connectivity index is 1.60. The fraction of sp³-hybridized carbons (Fsp3) is 0.200. The van der Waals surface area contributed by atoms with Crippen molar-refractivity contribution >= 4 is 16.9 Å². The highest BCUT2D eigenvalue weighted by Gasteiger charge is 2.16. The Labute approximate surface area is 190 Å². The minimum Gasteiger partial charge on any atom is -0.497 e. The molecule has 168 valence electrons. The quantitative estimate of drug-likeness (QED) is 0.448. The fourth-order valence-corrected chi connectivity index (χ4v) is 3.64. The lowest BCUT2D eigenvalue weighted by Gasteiger charge is -2.14. The Morgan fingerprint density at radius 2 is 1.70 bits per heavy atom. The third-order valence-electron chi connectivity index (χ3n) is 5.37. The number of aromatic nitrogens is 3. The number of ether oxygens (including phenoxy) is 1. The first-order chi connectivity index (χ1) is 16.1. The summed E-state index contributed by atoms with van der Waals surface area (Å²) in [7, 11) is 1.57. The summed E-state index contributed by atoms with van der Waals surface area (Å²) < 4.78 is 7.56. The third-order valence-corrected chi connectivity index (χ3v) is 5.37. The smallest absolute Gasteiger partial charge is 0.332 e. The van der Waals surface area contributed by atoms with E-state index in [9.17, 15) is 14.4 Å². The summed E-state index contributed by atoms with van der Waals surface area (Å²) in [4.78, 5) is 43.1. The van der Waals surface area contributed by atoms with Crippen LogP contribution in [0, 0.1) is 0 Å².